The highest BCUT2D eigenvalue weighted by atomic mass is 16.5. The number of anilines is 1. The minimum Gasteiger partial charge on any atom is -0.497 e. The number of methoxy groups -OCH3 is 2. The molecule has 1 aromatic heterocycles. The molecular formula is C13H17N3O2. The summed E-state index contributed by atoms with van der Waals surface area (Å²) in [4.78, 5) is 0. The van der Waals surface area contributed by atoms with Crippen molar-refractivity contribution in [3.63, 3.8) is 0 Å². The zero-order valence-electron chi connectivity index (χ0n) is 11.0. The Balaban J connectivity index is 2.67. The fraction of sp³-hybridized carbons (Fsp3) is 0.308. The smallest absolute Gasteiger partial charge is 0.130 e. The molecule has 1 heterocycles. The number of nitrogens with zero attached hydrogens (tertiary/aromatic N) is 2. The third-order valence-electron chi connectivity index (χ3n) is 2.98. The van der Waals surface area contributed by atoms with Gasteiger partial charge in [-0.15, -0.1) is 0 Å². The van der Waals surface area contributed by atoms with E-state index in [1.165, 1.54) is 0 Å². The van der Waals surface area contributed by atoms with E-state index in [-0.39, 0.29) is 0 Å². The Morgan fingerprint density at radius 3 is 2.44 bits per heavy atom. The summed E-state index contributed by atoms with van der Waals surface area (Å²) in [6, 6.07) is 3.79. The average molecular weight is 247 g/mol. The Morgan fingerprint density at radius 2 is 1.94 bits per heavy atom. The van der Waals surface area contributed by atoms with Gasteiger partial charge in [0.2, 0.25) is 0 Å². The van der Waals surface area contributed by atoms with E-state index in [1.54, 1.807) is 25.1 Å². The van der Waals surface area contributed by atoms with Gasteiger partial charge in [0.1, 0.15) is 17.3 Å². The zero-order chi connectivity index (χ0) is 13.3. The Bertz CT molecular complexity index is 576. The first-order valence-electron chi connectivity index (χ1n) is 5.59. The average Bonchev–Trinajstić information content (AvgIpc) is 2.69. The van der Waals surface area contributed by atoms with Crippen LogP contribution in [0.1, 0.15) is 5.56 Å². The third kappa shape index (κ3) is 1.88. The van der Waals surface area contributed by atoms with Gasteiger partial charge in [-0.25, -0.2) is 0 Å². The van der Waals surface area contributed by atoms with Crippen LogP contribution in [0.3, 0.4) is 0 Å². The maximum absolute atomic E-state index is 6.01. The van der Waals surface area contributed by atoms with Crippen molar-refractivity contribution in [1.29, 1.82) is 0 Å². The number of hydrogen-bond acceptors (Lipinski definition) is 4. The summed E-state index contributed by atoms with van der Waals surface area (Å²) >= 11 is 0. The van der Waals surface area contributed by atoms with E-state index in [9.17, 15) is 0 Å². The molecule has 1 aromatic carbocycles. The van der Waals surface area contributed by atoms with Gasteiger partial charge in [0.15, 0.2) is 0 Å². The summed E-state index contributed by atoms with van der Waals surface area (Å²) < 4.78 is 12.3. The van der Waals surface area contributed by atoms with Crippen molar-refractivity contribution < 1.29 is 9.47 Å². The molecule has 18 heavy (non-hydrogen) atoms. The topological polar surface area (TPSA) is 62.3 Å². The fourth-order valence-electron chi connectivity index (χ4n) is 1.99. The lowest BCUT2D eigenvalue weighted by Crippen LogP contribution is -1.99. The van der Waals surface area contributed by atoms with Crippen LogP contribution in [0.25, 0.3) is 11.1 Å². The normalized spacial score (nSPS) is 10.4. The van der Waals surface area contributed by atoms with Crippen LogP contribution in [0.15, 0.2) is 18.3 Å². The van der Waals surface area contributed by atoms with E-state index in [1.807, 2.05) is 26.1 Å². The highest BCUT2D eigenvalue weighted by Crippen LogP contribution is 2.38. The van der Waals surface area contributed by atoms with Gasteiger partial charge in [0.05, 0.1) is 20.4 Å². The summed E-state index contributed by atoms with van der Waals surface area (Å²) in [5.74, 6) is 2.10. The van der Waals surface area contributed by atoms with E-state index in [4.69, 9.17) is 15.2 Å². The van der Waals surface area contributed by atoms with Gasteiger partial charge in [0.25, 0.3) is 0 Å². The van der Waals surface area contributed by atoms with E-state index >= 15 is 0 Å². The Labute approximate surface area is 106 Å². The molecule has 0 aliphatic rings. The highest BCUT2D eigenvalue weighted by Gasteiger charge is 2.16. The largest absolute Gasteiger partial charge is 0.497 e. The molecule has 0 spiro atoms. The standard InChI is InChI=1S/C13H17N3O2/c1-8-5-9(17-3)6-11(18-4)12(8)10-7-15-16(2)13(10)14/h5-7H,14H2,1-4H3. The molecule has 2 aromatic rings. The van der Waals surface area contributed by atoms with Crippen molar-refractivity contribution in [2.24, 2.45) is 7.05 Å². The van der Waals surface area contributed by atoms with Crippen molar-refractivity contribution in [3.8, 4) is 22.6 Å². The van der Waals surface area contributed by atoms with E-state index in [0.717, 1.165) is 28.2 Å². The van der Waals surface area contributed by atoms with Gasteiger partial charge in [-0.05, 0) is 18.6 Å². The molecule has 2 N–H and O–H groups in total. The number of nitrogen functional groups attached to an aromatic ring is 1. The molecule has 0 bridgehead atoms. The Hall–Kier alpha value is -2.17. The van der Waals surface area contributed by atoms with E-state index < -0.39 is 0 Å². The van der Waals surface area contributed by atoms with Gasteiger partial charge < -0.3 is 15.2 Å². The summed E-state index contributed by atoms with van der Waals surface area (Å²) in [6.45, 7) is 1.99. The Morgan fingerprint density at radius 1 is 1.22 bits per heavy atom. The first kappa shape index (κ1) is 12.3. The molecule has 0 saturated carbocycles. The number of aryl methyl sites for hydroxylation is 2. The van der Waals surface area contributed by atoms with Crippen LogP contribution >= 0.6 is 0 Å². The molecule has 0 atom stereocenters. The lowest BCUT2D eigenvalue weighted by Gasteiger charge is -2.13. The second kappa shape index (κ2) is 4.60. The molecule has 0 saturated heterocycles. The molecule has 0 aliphatic carbocycles. The maximum Gasteiger partial charge on any atom is 0.130 e. The first-order valence-corrected chi connectivity index (χ1v) is 5.59. The molecule has 2 rings (SSSR count). The first-order chi connectivity index (χ1) is 8.58. The van der Waals surface area contributed by atoms with Gasteiger partial charge in [0, 0.05) is 24.2 Å². The molecule has 0 aliphatic heterocycles. The predicted octanol–water partition coefficient (Wildman–Crippen LogP) is 1.99. The summed E-state index contributed by atoms with van der Waals surface area (Å²) in [5, 5.41) is 4.16. The monoisotopic (exact) mass is 247 g/mol. The van der Waals surface area contributed by atoms with Crippen molar-refractivity contribution in [2.75, 3.05) is 20.0 Å². The van der Waals surface area contributed by atoms with E-state index in [2.05, 4.69) is 5.10 Å². The molecule has 0 unspecified atom stereocenters. The number of hydrogen-bond donors (Lipinski definition) is 1. The van der Waals surface area contributed by atoms with Crippen LogP contribution in [0.5, 0.6) is 11.5 Å². The number of nitrogens with two attached hydrogens (primary N) is 1. The summed E-state index contributed by atoms with van der Waals surface area (Å²) in [7, 11) is 5.07. The number of ether oxygens (including phenoxy) is 2. The molecule has 96 valence electrons. The quantitative estimate of drug-likeness (QED) is 0.901. The van der Waals surface area contributed by atoms with Gasteiger partial charge >= 0.3 is 0 Å². The molecule has 5 heteroatoms. The predicted molar refractivity (Wildman–Crippen MR) is 70.9 cm³/mol. The fourth-order valence-corrected chi connectivity index (χ4v) is 1.99. The lowest BCUT2D eigenvalue weighted by atomic mass is 10.0. The van der Waals surface area contributed by atoms with Gasteiger partial charge in [-0.2, -0.15) is 5.10 Å². The molecule has 0 amide bonds. The van der Waals surface area contributed by atoms with Crippen molar-refractivity contribution in [1.82, 2.24) is 9.78 Å². The zero-order valence-corrected chi connectivity index (χ0v) is 11.0. The minimum atomic E-state index is 0.613. The van der Waals surface area contributed by atoms with Crippen LogP contribution in [0.2, 0.25) is 0 Å². The maximum atomic E-state index is 6.01. The van der Waals surface area contributed by atoms with Gasteiger partial charge in [-0.1, -0.05) is 0 Å². The second-order valence-electron chi connectivity index (χ2n) is 4.09. The second-order valence-corrected chi connectivity index (χ2v) is 4.09. The number of benzene rings is 1. The van der Waals surface area contributed by atoms with E-state index in [0.29, 0.717) is 5.82 Å². The number of aromatic nitrogens is 2. The van der Waals surface area contributed by atoms with Crippen molar-refractivity contribution >= 4 is 5.82 Å². The molecule has 5 nitrogen and oxygen atoms in total. The van der Waals surface area contributed by atoms with Crippen LogP contribution < -0.4 is 15.2 Å². The lowest BCUT2D eigenvalue weighted by molar-refractivity contribution is 0.395. The van der Waals surface area contributed by atoms with Crippen LogP contribution in [0, 0.1) is 6.92 Å². The van der Waals surface area contributed by atoms with Crippen molar-refractivity contribution in [2.45, 2.75) is 6.92 Å². The minimum absolute atomic E-state index is 0.613. The third-order valence-corrected chi connectivity index (χ3v) is 2.98. The summed E-state index contributed by atoms with van der Waals surface area (Å²) in [6.07, 6.45) is 1.74. The highest BCUT2D eigenvalue weighted by molar-refractivity contribution is 5.81. The van der Waals surface area contributed by atoms with Crippen LogP contribution in [-0.2, 0) is 7.05 Å². The molecule has 0 radical (unpaired) electrons. The van der Waals surface area contributed by atoms with Gasteiger partial charge in [-0.3, -0.25) is 4.68 Å². The SMILES string of the molecule is COc1cc(C)c(-c2cnn(C)c2N)c(OC)c1. The molecule has 0 fully saturated rings. The molecular weight excluding hydrogens is 230 g/mol. The van der Waals surface area contributed by atoms with Crippen LogP contribution in [-0.4, -0.2) is 24.0 Å². The van der Waals surface area contributed by atoms with Crippen LogP contribution in [0.4, 0.5) is 5.82 Å². The Kier molecular flexibility index (Phi) is 3.14. The summed E-state index contributed by atoms with van der Waals surface area (Å²) in [5.41, 5.74) is 8.86. The number of rotatable bonds is 3. The van der Waals surface area contributed by atoms with Crippen molar-refractivity contribution in [3.05, 3.63) is 23.9 Å².